The van der Waals surface area contributed by atoms with Crippen LogP contribution in [0.3, 0.4) is 0 Å². The lowest BCUT2D eigenvalue weighted by Gasteiger charge is -2.34. The SMILES string of the molecule is O=C(COc1ccc(Cl)cc1)N1CCN(C(=O)Cc2cccc(C(F)(F)F)c2)CC1. The van der Waals surface area contributed by atoms with Crippen LogP contribution in [0.25, 0.3) is 0 Å². The highest BCUT2D eigenvalue weighted by molar-refractivity contribution is 6.30. The van der Waals surface area contributed by atoms with Crippen LogP contribution >= 0.6 is 11.6 Å². The van der Waals surface area contributed by atoms with Crippen molar-refractivity contribution in [2.75, 3.05) is 32.8 Å². The van der Waals surface area contributed by atoms with Gasteiger partial charge in [0.1, 0.15) is 5.75 Å². The van der Waals surface area contributed by atoms with Gasteiger partial charge in [0.05, 0.1) is 12.0 Å². The zero-order valence-electron chi connectivity index (χ0n) is 16.0. The summed E-state index contributed by atoms with van der Waals surface area (Å²) in [5, 5.41) is 0.569. The van der Waals surface area contributed by atoms with Crippen molar-refractivity contribution in [3.8, 4) is 5.75 Å². The van der Waals surface area contributed by atoms with Crippen molar-refractivity contribution >= 4 is 23.4 Å². The summed E-state index contributed by atoms with van der Waals surface area (Å²) in [6.45, 7) is 1.21. The van der Waals surface area contributed by atoms with E-state index in [2.05, 4.69) is 0 Å². The largest absolute Gasteiger partial charge is 0.484 e. The Morgan fingerprint density at radius 3 is 2.13 bits per heavy atom. The number of amides is 2. The molecule has 1 saturated heterocycles. The fraction of sp³-hybridized carbons (Fsp3) is 0.333. The average Bonchev–Trinajstić information content (AvgIpc) is 2.73. The molecule has 0 aliphatic carbocycles. The molecule has 0 atom stereocenters. The number of benzene rings is 2. The number of ether oxygens (including phenoxy) is 1. The van der Waals surface area contributed by atoms with Crippen LogP contribution in [0.4, 0.5) is 13.2 Å². The van der Waals surface area contributed by atoms with E-state index in [1.807, 2.05) is 0 Å². The third kappa shape index (κ3) is 5.89. The highest BCUT2D eigenvalue weighted by Crippen LogP contribution is 2.29. The predicted molar refractivity (Wildman–Crippen MR) is 105 cm³/mol. The van der Waals surface area contributed by atoms with E-state index < -0.39 is 11.7 Å². The predicted octanol–water partition coefficient (Wildman–Crippen LogP) is 3.65. The van der Waals surface area contributed by atoms with E-state index in [4.69, 9.17) is 16.3 Å². The molecule has 2 aromatic rings. The molecule has 9 heteroatoms. The number of hydrogen-bond donors (Lipinski definition) is 0. The van der Waals surface area contributed by atoms with E-state index in [1.54, 1.807) is 34.1 Å². The summed E-state index contributed by atoms with van der Waals surface area (Å²) in [4.78, 5) is 27.9. The van der Waals surface area contributed by atoms with E-state index in [0.29, 0.717) is 42.5 Å². The van der Waals surface area contributed by atoms with Crippen molar-refractivity contribution in [1.82, 2.24) is 9.80 Å². The molecule has 0 radical (unpaired) electrons. The van der Waals surface area contributed by atoms with Gasteiger partial charge in [-0.2, -0.15) is 13.2 Å². The van der Waals surface area contributed by atoms with E-state index in [-0.39, 0.29) is 24.8 Å². The van der Waals surface area contributed by atoms with Gasteiger partial charge in [0, 0.05) is 31.2 Å². The Bertz CT molecular complexity index is 895. The molecule has 2 aromatic carbocycles. The molecule has 30 heavy (non-hydrogen) atoms. The van der Waals surface area contributed by atoms with Gasteiger partial charge in [-0.3, -0.25) is 9.59 Å². The molecule has 0 spiro atoms. The second-order valence-corrected chi connectivity index (χ2v) is 7.32. The number of nitrogens with zero attached hydrogens (tertiary/aromatic N) is 2. The van der Waals surface area contributed by atoms with Crippen LogP contribution in [-0.4, -0.2) is 54.4 Å². The van der Waals surface area contributed by atoms with Crippen molar-refractivity contribution in [1.29, 1.82) is 0 Å². The number of hydrogen-bond acceptors (Lipinski definition) is 3. The van der Waals surface area contributed by atoms with Gasteiger partial charge in [0.2, 0.25) is 5.91 Å². The van der Waals surface area contributed by atoms with Crippen LogP contribution in [0.2, 0.25) is 5.02 Å². The Hall–Kier alpha value is -2.74. The molecule has 0 N–H and O–H groups in total. The summed E-state index contributed by atoms with van der Waals surface area (Å²) in [7, 11) is 0. The Morgan fingerprint density at radius 1 is 0.933 bits per heavy atom. The fourth-order valence-electron chi connectivity index (χ4n) is 3.12. The summed E-state index contributed by atoms with van der Waals surface area (Å²) in [6.07, 6.45) is -4.56. The molecule has 1 heterocycles. The molecule has 3 rings (SSSR count). The zero-order chi connectivity index (χ0) is 21.7. The van der Waals surface area contributed by atoms with Gasteiger partial charge in [0.25, 0.3) is 5.91 Å². The quantitative estimate of drug-likeness (QED) is 0.713. The second kappa shape index (κ2) is 9.38. The van der Waals surface area contributed by atoms with Gasteiger partial charge in [-0.15, -0.1) is 0 Å². The standard InChI is InChI=1S/C21H20ClF3N2O3/c22-17-4-6-18(7-5-17)30-14-20(29)27-10-8-26(9-11-27)19(28)13-15-2-1-3-16(12-15)21(23,24)25/h1-7,12H,8-11,13-14H2. The lowest BCUT2D eigenvalue weighted by molar-refractivity contribution is -0.140. The van der Waals surface area contributed by atoms with Gasteiger partial charge in [-0.1, -0.05) is 29.8 Å². The molecule has 0 unspecified atom stereocenters. The number of piperazine rings is 1. The van der Waals surface area contributed by atoms with Gasteiger partial charge in [-0.05, 0) is 35.9 Å². The summed E-state index contributed by atoms with van der Waals surface area (Å²) in [5.41, 5.74) is -0.464. The average molecular weight is 441 g/mol. The van der Waals surface area contributed by atoms with Crippen LogP contribution in [0.15, 0.2) is 48.5 Å². The van der Waals surface area contributed by atoms with Crippen molar-refractivity contribution < 1.29 is 27.5 Å². The van der Waals surface area contributed by atoms with Gasteiger partial charge in [0.15, 0.2) is 6.61 Å². The van der Waals surface area contributed by atoms with E-state index in [1.165, 1.54) is 12.1 Å². The number of carbonyl (C=O) groups is 2. The molecular weight excluding hydrogens is 421 g/mol. The molecule has 1 fully saturated rings. The van der Waals surface area contributed by atoms with Crippen LogP contribution in [0, 0.1) is 0 Å². The lowest BCUT2D eigenvalue weighted by atomic mass is 10.1. The first-order valence-electron chi connectivity index (χ1n) is 9.32. The smallest absolute Gasteiger partial charge is 0.416 e. The molecule has 0 bridgehead atoms. The fourth-order valence-corrected chi connectivity index (χ4v) is 3.24. The van der Waals surface area contributed by atoms with Gasteiger partial charge in [-0.25, -0.2) is 0 Å². The molecule has 1 aliphatic rings. The first-order valence-corrected chi connectivity index (χ1v) is 9.70. The third-order valence-corrected chi connectivity index (χ3v) is 5.02. The van der Waals surface area contributed by atoms with Crippen LogP contribution in [-0.2, 0) is 22.2 Å². The van der Waals surface area contributed by atoms with E-state index in [9.17, 15) is 22.8 Å². The first-order chi connectivity index (χ1) is 14.2. The summed E-state index contributed by atoms with van der Waals surface area (Å²) in [5.74, 6) is 0.0661. The maximum Gasteiger partial charge on any atom is 0.416 e. The maximum absolute atomic E-state index is 12.8. The first kappa shape index (κ1) is 22.0. The Morgan fingerprint density at radius 2 is 1.53 bits per heavy atom. The van der Waals surface area contributed by atoms with Gasteiger partial charge < -0.3 is 14.5 Å². The van der Waals surface area contributed by atoms with Crippen LogP contribution < -0.4 is 4.74 Å². The normalized spacial score (nSPS) is 14.5. The van der Waals surface area contributed by atoms with E-state index in [0.717, 1.165) is 12.1 Å². The van der Waals surface area contributed by atoms with Crippen molar-refractivity contribution in [3.05, 3.63) is 64.7 Å². The minimum atomic E-state index is -4.45. The van der Waals surface area contributed by atoms with E-state index >= 15 is 0 Å². The second-order valence-electron chi connectivity index (χ2n) is 6.88. The van der Waals surface area contributed by atoms with Crippen molar-refractivity contribution in [2.45, 2.75) is 12.6 Å². The molecule has 0 saturated carbocycles. The van der Waals surface area contributed by atoms with Crippen LogP contribution in [0.5, 0.6) is 5.75 Å². The molecule has 160 valence electrons. The molecule has 1 aliphatic heterocycles. The third-order valence-electron chi connectivity index (χ3n) is 4.77. The highest BCUT2D eigenvalue weighted by atomic mass is 35.5. The maximum atomic E-state index is 12.8. The summed E-state index contributed by atoms with van der Waals surface area (Å²) < 4.78 is 43.9. The highest BCUT2D eigenvalue weighted by Gasteiger charge is 2.31. The molecule has 2 amide bonds. The van der Waals surface area contributed by atoms with Crippen LogP contribution in [0.1, 0.15) is 11.1 Å². The monoisotopic (exact) mass is 440 g/mol. The minimum absolute atomic E-state index is 0.114. The molecule has 5 nitrogen and oxygen atoms in total. The number of halogens is 4. The van der Waals surface area contributed by atoms with Crippen molar-refractivity contribution in [2.24, 2.45) is 0 Å². The molecular formula is C21H20ClF3N2O3. The topological polar surface area (TPSA) is 49.9 Å². The molecule has 0 aromatic heterocycles. The lowest BCUT2D eigenvalue weighted by Crippen LogP contribution is -2.52. The Labute approximate surface area is 177 Å². The Balaban J connectivity index is 1.47. The minimum Gasteiger partial charge on any atom is -0.484 e. The van der Waals surface area contributed by atoms with Crippen molar-refractivity contribution in [3.63, 3.8) is 0 Å². The number of alkyl halides is 3. The summed E-state index contributed by atoms with van der Waals surface area (Å²) >= 11 is 5.80. The summed E-state index contributed by atoms with van der Waals surface area (Å²) in [6, 6.07) is 11.4. The Kier molecular flexibility index (Phi) is 6.87. The number of carbonyl (C=O) groups excluding carboxylic acids is 2. The van der Waals surface area contributed by atoms with Gasteiger partial charge >= 0.3 is 6.18 Å². The number of rotatable bonds is 5. The zero-order valence-corrected chi connectivity index (χ0v) is 16.7.